The number of hydrogen-bond donors (Lipinski definition) is 0. The van der Waals surface area contributed by atoms with Gasteiger partial charge in [-0.1, -0.05) is 32.4 Å². The molecule has 0 bridgehead atoms. The zero-order valence-electron chi connectivity index (χ0n) is 16.2. The third-order valence-electron chi connectivity index (χ3n) is 4.36. The average Bonchev–Trinajstić information content (AvgIpc) is 2.43. The Morgan fingerprint density at radius 2 is 1.81 bits per heavy atom. The molecule has 0 fully saturated rings. The zero-order chi connectivity index (χ0) is 20.2. The summed E-state index contributed by atoms with van der Waals surface area (Å²) >= 11 is 6.00. The van der Waals surface area contributed by atoms with Crippen molar-refractivity contribution in [2.45, 2.75) is 51.9 Å². The van der Waals surface area contributed by atoms with Crippen molar-refractivity contribution in [2.24, 2.45) is 0 Å². The van der Waals surface area contributed by atoms with Gasteiger partial charge in [-0.3, -0.25) is 4.18 Å². The van der Waals surface area contributed by atoms with E-state index >= 15 is 0 Å². The molecule has 0 aliphatic carbocycles. The van der Waals surface area contributed by atoms with E-state index in [4.69, 9.17) is 20.8 Å². The summed E-state index contributed by atoms with van der Waals surface area (Å²) in [5.41, 5.74) is -0.0225. The summed E-state index contributed by atoms with van der Waals surface area (Å²) in [6.45, 7) is 11.4. The van der Waals surface area contributed by atoms with Crippen LogP contribution in [0.3, 0.4) is 0 Å². The van der Waals surface area contributed by atoms with Gasteiger partial charge in [-0.05, 0) is 24.2 Å². The molecule has 0 N–H and O–H groups in total. The molecule has 150 valence electrons. The summed E-state index contributed by atoms with van der Waals surface area (Å²) in [6, 6.07) is 2.61. The molecule has 0 amide bonds. The molecule has 0 aliphatic heterocycles. The van der Waals surface area contributed by atoms with E-state index in [9.17, 15) is 12.8 Å². The number of ether oxygens (including phenoxy) is 1. The van der Waals surface area contributed by atoms with E-state index in [0.717, 1.165) is 6.26 Å². The Balaban J connectivity index is 2.54. The first-order valence-electron chi connectivity index (χ1n) is 8.32. The summed E-state index contributed by atoms with van der Waals surface area (Å²) in [6.07, 6.45) is 1.56. The highest BCUT2D eigenvalue weighted by molar-refractivity contribution is 7.85. The molecule has 0 atom stereocenters. The zero-order valence-corrected chi connectivity index (χ0v) is 18.8. The van der Waals surface area contributed by atoms with Crippen LogP contribution in [0.5, 0.6) is 5.75 Å². The quantitative estimate of drug-likeness (QED) is 0.324. The van der Waals surface area contributed by atoms with Crippen molar-refractivity contribution in [1.82, 2.24) is 0 Å². The average molecular weight is 427 g/mol. The Labute approximate surface area is 162 Å². The summed E-state index contributed by atoms with van der Waals surface area (Å²) in [5.74, 6) is -0.392. The maximum absolute atomic E-state index is 14.1. The van der Waals surface area contributed by atoms with Gasteiger partial charge in [0.25, 0.3) is 10.1 Å². The van der Waals surface area contributed by atoms with E-state index in [0.29, 0.717) is 19.6 Å². The highest BCUT2D eigenvalue weighted by atomic mass is 35.5. The summed E-state index contributed by atoms with van der Waals surface area (Å²) in [4.78, 5) is 0. The molecule has 0 aromatic heterocycles. The van der Waals surface area contributed by atoms with E-state index in [-0.39, 0.29) is 21.4 Å². The van der Waals surface area contributed by atoms with Crippen LogP contribution in [0, 0.1) is 5.82 Å². The van der Waals surface area contributed by atoms with Crippen LogP contribution in [0.25, 0.3) is 0 Å². The normalized spacial score (nSPS) is 13.1. The monoisotopic (exact) mass is 426 g/mol. The molecule has 0 aliphatic rings. The molecule has 0 unspecified atom stereocenters. The Morgan fingerprint density at radius 3 is 2.31 bits per heavy atom. The Kier molecular flexibility index (Phi) is 8.10. The van der Waals surface area contributed by atoms with E-state index < -0.39 is 30.9 Å². The molecule has 0 heterocycles. The van der Waals surface area contributed by atoms with Gasteiger partial charge in [0.05, 0.1) is 24.5 Å². The first-order chi connectivity index (χ1) is 11.7. The molecule has 1 aromatic carbocycles. The fraction of sp³-hybridized carbons (Fsp3) is 0.647. The summed E-state index contributed by atoms with van der Waals surface area (Å²) < 4.78 is 52.3. The lowest BCUT2D eigenvalue weighted by molar-refractivity contribution is 0.233. The lowest BCUT2D eigenvalue weighted by Crippen LogP contribution is -2.41. The molecule has 26 heavy (non-hydrogen) atoms. The fourth-order valence-electron chi connectivity index (χ4n) is 1.76. The highest BCUT2D eigenvalue weighted by Gasteiger charge is 2.36. The van der Waals surface area contributed by atoms with Crippen LogP contribution in [-0.4, -0.2) is 36.2 Å². The van der Waals surface area contributed by atoms with Crippen molar-refractivity contribution in [3.05, 3.63) is 28.5 Å². The second-order valence-corrected chi connectivity index (χ2v) is 14.5. The van der Waals surface area contributed by atoms with Crippen molar-refractivity contribution < 1.29 is 26.2 Å². The van der Waals surface area contributed by atoms with Crippen molar-refractivity contribution in [1.29, 1.82) is 0 Å². The maximum atomic E-state index is 14.1. The number of benzene rings is 1. The maximum Gasteiger partial charge on any atom is 0.264 e. The molecule has 0 saturated carbocycles. The van der Waals surface area contributed by atoms with Crippen LogP contribution < -0.4 is 4.74 Å². The predicted octanol–water partition coefficient (Wildman–Crippen LogP) is 4.75. The van der Waals surface area contributed by atoms with Gasteiger partial charge in [-0.2, -0.15) is 8.42 Å². The Morgan fingerprint density at radius 1 is 1.19 bits per heavy atom. The van der Waals surface area contributed by atoms with E-state index in [1.807, 2.05) is 0 Å². The number of rotatable bonds is 9. The van der Waals surface area contributed by atoms with E-state index in [1.165, 1.54) is 12.1 Å². The third kappa shape index (κ3) is 7.52. The van der Waals surface area contributed by atoms with Gasteiger partial charge in [0, 0.05) is 24.7 Å². The van der Waals surface area contributed by atoms with Crippen LogP contribution in [0.1, 0.15) is 32.8 Å². The second-order valence-electron chi connectivity index (χ2n) is 7.64. The lowest BCUT2D eigenvalue weighted by atomic mass is 10.2. The molecule has 1 aromatic rings. The second kappa shape index (κ2) is 9.01. The first kappa shape index (κ1) is 23.4. The predicted molar refractivity (Wildman–Crippen MR) is 104 cm³/mol. The fourth-order valence-corrected chi connectivity index (χ4v) is 3.43. The Hall–Kier alpha value is -0.673. The van der Waals surface area contributed by atoms with Gasteiger partial charge >= 0.3 is 0 Å². The van der Waals surface area contributed by atoms with Gasteiger partial charge in [0.15, 0.2) is 8.32 Å². The number of halogens is 2. The van der Waals surface area contributed by atoms with Crippen molar-refractivity contribution >= 4 is 30.0 Å². The van der Waals surface area contributed by atoms with Crippen LogP contribution >= 0.6 is 11.6 Å². The minimum Gasteiger partial charge on any atom is -0.493 e. The van der Waals surface area contributed by atoms with Crippen molar-refractivity contribution in [2.75, 3.05) is 19.5 Å². The SMILES string of the molecule is CC(C)(C)[Si](C)(C)OCCCOc1cc(F)c(COS(C)(=O)=O)c(Cl)c1. The van der Waals surface area contributed by atoms with Gasteiger partial charge in [-0.15, -0.1) is 0 Å². The highest BCUT2D eigenvalue weighted by Crippen LogP contribution is 2.36. The van der Waals surface area contributed by atoms with Crippen molar-refractivity contribution in [3.63, 3.8) is 0 Å². The standard InChI is InChI=1S/C17H28ClFO5SSi/c1-17(2,3)26(5,6)24-9-7-8-22-13-10-15(18)14(16(19)11-13)12-23-25(4,20)21/h10-11H,7-9,12H2,1-6H3. The molecule has 9 heteroatoms. The Bertz CT molecular complexity index is 693. The molecular formula is C17H28ClFO5SSi. The summed E-state index contributed by atoms with van der Waals surface area (Å²) in [7, 11) is -5.46. The van der Waals surface area contributed by atoms with Gasteiger partial charge in [0.1, 0.15) is 11.6 Å². The van der Waals surface area contributed by atoms with Gasteiger partial charge in [-0.25, -0.2) is 4.39 Å². The van der Waals surface area contributed by atoms with Crippen LogP contribution in [-0.2, 0) is 25.3 Å². The first-order valence-corrected chi connectivity index (χ1v) is 13.4. The minimum atomic E-state index is -3.68. The largest absolute Gasteiger partial charge is 0.493 e. The van der Waals surface area contributed by atoms with Crippen LogP contribution in [0.15, 0.2) is 12.1 Å². The minimum absolute atomic E-state index is 0.0225. The number of hydrogen-bond acceptors (Lipinski definition) is 5. The van der Waals surface area contributed by atoms with E-state index in [1.54, 1.807) is 0 Å². The molecule has 0 spiro atoms. The summed E-state index contributed by atoms with van der Waals surface area (Å²) in [5, 5.41) is 0.204. The van der Waals surface area contributed by atoms with Gasteiger partial charge in [0.2, 0.25) is 0 Å². The molecule has 5 nitrogen and oxygen atoms in total. The molecular weight excluding hydrogens is 399 g/mol. The molecule has 0 saturated heterocycles. The van der Waals surface area contributed by atoms with Crippen molar-refractivity contribution in [3.8, 4) is 5.75 Å². The lowest BCUT2D eigenvalue weighted by Gasteiger charge is -2.36. The molecule has 1 rings (SSSR count). The smallest absolute Gasteiger partial charge is 0.264 e. The van der Waals surface area contributed by atoms with E-state index in [2.05, 4.69) is 38.0 Å². The third-order valence-corrected chi connectivity index (χ3v) is 9.78. The molecule has 0 radical (unpaired) electrons. The topological polar surface area (TPSA) is 61.8 Å². The van der Waals surface area contributed by atoms with Crippen LogP contribution in [0.2, 0.25) is 23.2 Å². The van der Waals surface area contributed by atoms with Gasteiger partial charge < -0.3 is 9.16 Å². The van der Waals surface area contributed by atoms with Crippen LogP contribution in [0.4, 0.5) is 4.39 Å².